The Morgan fingerprint density at radius 3 is 2.55 bits per heavy atom. The van der Waals surface area contributed by atoms with Crippen LogP contribution in [0.4, 0.5) is 4.39 Å². The van der Waals surface area contributed by atoms with E-state index in [2.05, 4.69) is 41.5 Å². The van der Waals surface area contributed by atoms with E-state index in [0.717, 1.165) is 17.9 Å². The molecule has 0 aliphatic rings. The second kappa shape index (κ2) is 7.41. The van der Waals surface area contributed by atoms with Gasteiger partial charge in [0.15, 0.2) is 0 Å². The van der Waals surface area contributed by atoms with Gasteiger partial charge in [0.2, 0.25) is 0 Å². The van der Waals surface area contributed by atoms with Crippen LogP contribution in [0.2, 0.25) is 0 Å². The molecule has 0 fully saturated rings. The van der Waals surface area contributed by atoms with Gasteiger partial charge in [-0.2, -0.15) is 0 Å². The van der Waals surface area contributed by atoms with Crippen LogP contribution < -0.4 is 5.32 Å². The topological polar surface area (TPSA) is 24.9 Å². The van der Waals surface area contributed by atoms with E-state index in [4.69, 9.17) is 0 Å². The summed E-state index contributed by atoms with van der Waals surface area (Å²) in [7, 11) is 0. The molecule has 1 heterocycles. The Morgan fingerprint density at radius 2 is 1.95 bits per heavy atom. The normalized spacial score (nSPS) is 12.3. The number of thioether (sulfide) groups is 1. The van der Waals surface area contributed by atoms with Crippen molar-refractivity contribution < 1.29 is 4.39 Å². The molecule has 20 heavy (non-hydrogen) atoms. The Hall–Kier alpha value is -1.39. The first-order valence-corrected chi connectivity index (χ1v) is 7.80. The number of aromatic nitrogens is 1. The Balaban J connectivity index is 2.31. The SMILES string of the molecule is CCNC(c1ccc(SCC)cc1)c1ccncc1F. The van der Waals surface area contributed by atoms with Crippen LogP contribution in [0.15, 0.2) is 47.6 Å². The van der Waals surface area contributed by atoms with Crippen molar-refractivity contribution in [2.75, 3.05) is 12.3 Å². The van der Waals surface area contributed by atoms with Crippen LogP contribution in [0.25, 0.3) is 0 Å². The Labute approximate surface area is 123 Å². The Kier molecular flexibility index (Phi) is 5.56. The summed E-state index contributed by atoms with van der Waals surface area (Å²) < 4.78 is 13.9. The van der Waals surface area contributed by atoms with Crippen molar-refractivity contribution in [1.29, 1.82) is 0 Å². The van der Waals surface area contributed by atoms with E-state index in [0.29, 0.717) is 5.56 Å². The molecule has 0 spiro atoms. The van der Waals surface area contributed by atoms with E-state index in [1.54, 1.807) is 24.0 Å². The average molecular weight is 290 g/mol. The first kappa shape index (κ1) is 15.0. The monoisotopic (exact) mass is 290 g/mol. The summed E-state index contributed by atoms with van der Waals surface area (Å²) in [6.07, 6.45) is 2.89. The van der Waals surface area contributed by atoms with Crippen molar-refractivity contribution in [2.45, 2.75) is 24.8 Å². The molecule has 4 heteroatoms. The smallest absolute Gasteiger partial charge is 0.146 e. The number of nitrogens with one attached hydrogen (secondary N) is 1. The highest BCUT2D eigenvalue weighted by molar-refractivity contribution is 7.99. The van der Waals surface area contributed by atoms with E-state index in [1.165, 1.54) is 11.1 Å². The van der Waals surface area contributed by atoms with E-state index >= 15 is 0 Å². The molecule has 0 aliphatic carbocycles. The summed E-state index contributed by atoms with van der Waals surface area (Å²) in [5, 5.41) is 3.33. The van der Waals surface area contributed by atoms with E-state index in [1.807, 2.05) is 6.92 Å². The maximum Gasteiger partial charge on any atom is 0.146 e. The van der Waals surface area contributed by atoms with Gasteiger partial charge in [-0.15, -0.1) is 11.8 Å². The molecule has 2 nitrogen and oxygen atoms in total. The fourth-order valence-electron chi connectivity index (χ4n) is 2.15. The first-order chi connectivity index (χ1) is 9.76. The van der Waals surface area contributed by atoms with Crippen LogP contribution >= 0.6 is 11.8 Å². The van der Waals surface area contributed by atoms with Crippen LogP contribution in [0.1, 0.15) is 31.0 Å². The van der Waals surface area contributed by atoms with Crippen molar-refractivity contribution in [3.05, 3.63) is 59.7 Å². The van der Waals surface area contributed by atoms with Crippen LogP contribution in [0, 0.1) is 5.82 Å². The molecule has 0 saturated heterocycles. The van der Waals surface area contributed by atoms with Gasteiger partial charge in [-0.1, -0.05) is 26.0 Å². The summed E-state index contributed by atoms with van der Waals surface area (Å²) in [5.41, 5.74) is 1.70. The fourth-order valence-corrected chi connectivity index (χ4v) is 2.82. The molecule has 1 unspecified atom stereocenters. The number of halogens is 1. The highest BCUT2D eigenvalue weighted by Crippen LogP contribution is 2.26. The highest BCUT2D eigenvalue weighted by Gasteiger charge is 2.16. The quantitative estimate of drug-likeness (QED) is 0.813. The molecule has 0 saturated carbocycles. The van der Waals surface area contributed by atoms with Crippen molar-refractivity contribution in [3.8, 4) is 0 Å². The highest BCUT2D eigenvalue weighted by atomic mass is 32.2. The zero-order chi connectivity index (χ0) is 14.4. The molecule has 0 amide bonds. The Morgan fingerprint density at radius 1 is 1.20 bits per heavy atom. The second-order valence-corrected chi connectivity index (χ2v) is 5.73. The predicted molar refractivity (Wildman–Crippen MR) is 82.6 cm³/mol. The lowest BCUT2D eigenvalue weighted by atomic mass is 9.99. The lowest BCUT2D eigenvalue weighted by molar-refractivity contribution is 0.554. The second-order valence-electron chi connectivity index (χ2n) is 4.39. The predicted octanol–water partition coefficient (Wildman–Crippen LogP) is 4.03. The summed E-state index contributed by atoms with van der Waals surface area (Å²) in [4.78, 5) is 5.05. The van der Waals surface area contributed by atoms with Crippen molar-refractivity contribution >= 4 is 11.8 Å². The molecule has 2 rings (SSSR count). The molecule has 0 bridgehead atoms. The molecule has 1 aromatic heterocycles. The van der Waals surface area contributed by atoms with Gasteiger partial charge in [0, 0.05) is 16.7 Å². The number of nitrogens with zero attached hydrogens (tertiary/aromatic N) is 1. The van der Waals surface area contributed by atoms with Crippen molar-refractivity contribution in [3.63, 3.8) is 0 Å². The number of pyridine rings is 1. The fraction of sp³-hybridized carbons (Fsp3) is 0.312. The van der Waals surface area contributed by atoms with Gasteiger partial charge in [-0.25, -0.2) is 4.39 Å². The lowest BCUT2D eigenvalue weighted by Gasteiger charge is -2.19. The molecular formula is C16H19FN2S. The molecule has 1 atom stereocenters. The van der Waals surface area contributed by atoms with Crippen molar-refractivity contribution in [2.24, 2.45) is 0 Å². The number of rotatable bonds is 6. The van der Waals surface area contributed by atoms with Gasteiger partial charge < -0.3 is 5.32 Å². The molecule has 1 aromatic carbocycles. The summed E-state index contributed by atoms with van der Waals surface area (Å²) >= 11 is 1.80. The average Bonchev–Trinajstić information content (AvgIpc) is 2.47. The van der Waals surface area contributed by atoms with Crippen LogP contribution in [0.5, 0.6) is 0 Å². The van der Waals surface area contributed by atoms with Crippen LogP contribution in [0.3, 0.4) is 0 Å². The zero-order valence-electron chi connectivity index (χ0n) is 11.8. The van der Waals surface area contributed by atoms with Gasteiger partial charge >= 0.3 is 0 Å². The van der Waals surface area contributed by atoms with Crippen molar-refractivity contribution in [1.82, 2.24) is 10.3 Å². The molecule has 0 aliphatic heterocycles. The van der Waals surface area contributed by atoms with Gasteiger partial charge in [0.1, 0.15) is 5.82 Å². The number of hydrogen-bond donors (Lipinski definition) is 1. The zero-order valence-corrected chi connectivity index (χ0v) is 12.6. The standard InChI is InChI=1S/C16H19FN2S/c1-3-19-16(14-9-10-18-11-15(14)17)12-5-7-13(8-6-12)20-4-2/h5-11,16,19H,3-4H2,1-2H3. The number of benzene rings is 1. The molecule has 0 radical (unpaired) electrons. The molecule has 2 aromatic rings. The molecule has 106 valence electrons. The van der Waals surface area contributed by atoms with Gasteiger partial charge in [0.25, 0.3) is 0 Å². The maximum absolute atomic E-state index is 13.9. The molecule has 1 N–H and O–H groups in total. The summed E-state index contributed by atoms with van der Waals surface area (Å²) in [6, 6.07) is 9.90. The molecular weight excluding hydrogens is 271 g/mol. The van der Waals surface area contributed by atoms with Crippen LogP contribution in [-0.4, -0.2) is 17.3 Å². The third-order valence-electron chi connectivity index (χ3n) is 3.05. The summed E-state index contributed by atoms with van der Waals surface area (Å²) in [6.45, 7) is 4.93. The third kappa shape index (κ3) is 3.58. The third-order valence-corrected chi connectivity index (χ3v) is 3.94. The first-order valence-electron chi connectivity index (χ1n) is 6.81. The van der Waals surface area contributed by atoms with Gasteiger partial charge in [0.05, 0.1) is 12.2 Å². The minimum Gasteiger partial charge on any atom is -0.306 e. The summed E-state index contributed by atoms with van der Waals surface area (Å²) in [5.74, 6) is 0.778. The Bertz CT molecular complexity index is 542. The van der Waals surface area contributed by atoms with Crippen LogP contribution in [-0.2, 0) is 0 Å². The lowest BCUT2D eigenvalue weighted by Crippen LogP contribution is -2.23. The van der Waals surface area contributed by atoms with Gasteiger partial charge in [-0.05, 0) is 36.1 Å². The van der Waals surface area contributed by atoms with Gasteiger partial charge in [-0.3, -0.25) is 4.98 Å². The number of hydrogen-bond acceptors (Lipinski definition) is 3. The van der Waals surface area contributed by atoms with E-state index < -0.39 is 0 Å². The minimum absolute atomic E-state index is 0.135. The minimum atomic E-state index is -0.273. The maximum atomic E-state index is 13.9. The van der Waals surface area contributed by atoms with E-state index in [-0.39, 0.29) is 11.9 Å². The largest absolute Gasteiger partial charge is 0.306 e. The van der Waals surface area contributed by atoms with E-state index in [9.17, 15) is 4.39 Å².